The first-order valence-electron chi connectivity index (χ1n) is 10.7. The van der Waals surface area contributed by atoms with Gasteiger partial charge in [0.25, 0.3) is 5.78 Å². The van der Waals surface area contributed by atoms with Gasteiger partial charge in [0.05, 0.1) is 29.3 Å². The molecule has 4 aromatic rings. The van der Waals surface area contributed by atoms with E-state index in [1.807, 2.05) is 19.1 Å². The standard InChI is InChI=1S/C26H20FN3O4/c1-2-34-18-13-9-16(10-14-18)23(31)21-22(15-7-11-17(27)12-8-15)30(25(33)24(21)32)26-28-19-5-3-4-6-20(19)29-26/h3-14,22,31H,2H2,1H3,(H,28,29)/b23-21+. The van der Waals surface area contributed by atoms with Crippen LogP contribution in [0.5, 0.6) is 5.75 Å². The number of ether oxygens (including phenoxy) is 1. The Labute approximate surface area is 194 Å². The van der Waals surface area contributed by atoms with Crippen molar-refractivity contribution < 1.29 is 23.8 Å². The molecule has 1 fully saturated rings. The third-order valence-corrected chi connectivity index (χ3v) is 5.67. The maximum absolute atomic E-state index is 13.7. The Morgan fingerprint density at radius 2 is 1.76 bits per heavy atom. The van der Waals surface area contributed by atoms with Crippen LogP contribution >= 0.6 is 0 Å². The van der Waals surface area contributed by atoms with Crippen LogP contribution in [0.15, 0.2) is 78.4 Å². The van der Waals surface area contributed by atoms with Crippen LogP contribution in [0.3, 0.4) is 0 Å². The first-order valence-corrected chi connectivity index (χ1v) is 10.7. The molecule has 170 valence electrons. The zero-order valence-corrected chi connectivity index (χ0v) is 18.2. The average Bonchev–Trinajstić information content (AvgIpc) is 3.38. The Kier molecular flexibility index (Phi) is 5.33. The molecule has 1 saturated heterocycles. The van der Waals surface area contributed by atoms with Gasteiger partial charge in [-0.3, -0.25) is 14.5 Å². The summed E-state index contributed by atoms with van der Waals surface area (Å²) in [5.41, 5.74) is 1.99. The summed E-state index contributed by atoms with van der Waals surface area (Å²) in [6.07, 6.45) is 0. The summed E-state index contributed by atoms with van der Waals surface area (Å²) in [6.45, 7) is 2.34. The molecule has 2 heterocycles. The molecule has 1 aliphatic heterocycles. The van der Waals surface area contributed by atoms with Gasteiger partial charge in [0, 0.05) is 5.56 Å². The van der Waals surface area contributed by atoms with Crippen LogP contribution in [0.1, 0.15) is 24.1 Å². The van der Waals surface area contributed by atoms with E-state index < -0.39 is 23.5 Å². The van der Waals surface area contributed by atoms with Crippen molar-refractivity contribution in [2.24, 2.45) is 0 Å². The number of anilines is 1. The quantitative estimate of drug-likeness (QED) is 0.257. The molecular formula is C26H20FN3O4. The fourth-order valence-electron chi connectivity index (χ4n) is 4.10. The van der Waals surface area contributed by atoms with E-state index in [0.717, 1.165) is 0 Å². The number of Topliss-reactive ketones (excluding diaryl/α,β-unsaturated/α-hetero) is 1. The summed E-state index contributed by atoms with van der Waals surface area (Å²) >= 11 is 0. The SMILES string of the molecule is CCOc1ccc(/C(O)=C2\C(=O)C(=O)N(c3nc4ccccc4[nH]3)C2c2ccc(F)cc2)cc1. The molecule has 2 N–H and O–H groups in total. The first-order chi connectivity index (χ1) is 16.5. The molecule has 0 radical (unpaired) electrons. The summed E-state index contributed by atoms with van der Waals surface area (Å²) < 4.78 is 19.1. The van der Waals surface area contributed by atoms with Crippen molar-refractivity contribution in [2.45, 2.75) is 13.0 Å². The van der Waals surface area contributed by atoms with E-state index >= 15 is 0 Å². The minimum absolute atomic E-state index is 0.110. The lowest BCUT2D eigenvalue weighted by Crippen LogP contribution is -2.30. The third kappa shape index (κ3) is 3.59. The van der Waals surface area contributed by atoms with E-state index in [1.165, 1.54) is 29.2 Å². The Morgan fingerprint density at radius 1 is 1.06 bits per heavy atom. The van der Waals surface area contributed by atoms with Crippen molar-refractivity contribution in [3.8, 4) is 5.75 Å². The zero-order chi connectivity index (χ0) is 23.8. The number of fused-ring (bicyclic) bond motifs is 1. The molecule has 7 nitrogen and oxygen atoms in total. The summed E-state index contributed by atoms with van der Waals surface area (Å²) in [4.78, 5) is 35.1. The summed E-state index contributed by atoms with van der Waals surface area (Å²) in [7, 11) is 0. The fraction of sp³-hybridized carbons (Fsp3) is 0.115. The largest absolute Gasteiger partial charge is 0.507 e. The van der Waals surface area contributed by atoms with Crippen LogP contribution in [0, 0.1) is 5.82 Å². The molecule has 5 rings (SSSR count). The highest BCUT2D eigenvalue weighted by Gasteiger charge is 2.48. The number of benzene rings is 3. The van der Waals surface area contributed by atoms with Crippen LogP contribution in [-0.4, -0.2) is 33.4 Å². The van der Waals surface area contributed by atoms with Gasteiger partial charge in [-0.2, -0.15) is 0 Å². The van der Waals surface area contributed by atoms with Crippen molar-refractivity contribution in [3.63, 3.8) is 0 Å². The molecule has 34 heavy (non-hydrogen) atoms. The fourth-order valence-corrected chi connectivity index (χ4v) is 4.10. The highest BCUT2D eigenvalue weighted by molar-refractivity contribution is 6.51. The van der Waals surface area contributed by atoms with Gasteiger partial charge in [-0.05, 0) is 61.0 Å². The number of H-pyrrole nitrogens is 1. The Balaban J connectivity index is 1.68. The maximum atomic E-state index is 13.7. The average molecular weight is 457 g/mol. The highest BCUT2D eigenvalue weighted by Crippen LogP contribution is 2.41. The minimum Gasteiger partial charge on any atom is -0.507 e. The van der Waals surface area contributed by atoms with E-state index in [2.05, 4.69) is 9.97 Å². The van der Waals surface area contributed by atoms with Gasteiger partial charge < -0.3 is 14.8 Å². The number of aromatic amines is 1. The van der Waals surface area contributed by atoms with E-state index in [0.29, 0.717) is 34.5 Å². The molecular weight excluding hydrogens is 437 g/mol. The second-order valence-corrected chi connectivity index (χ2v) is 7.76. The number of carbonyl (C=O) groups excluding carboxylic acids is 2. The first kappa shape index (κ1) is 21.4. The van der Waals surface area contributed by atoms with Crippen molar-refractivity contribution in [1.82, 2.24) is 9.97 Å². The van der Waals surface area contributed by atoms with Gasteiger partial charge in [0.1, 0.15) is 17.3 Å². The van der Waals surface area contributed by atoms with Crippen molar-refractivity contribution >= 4 is 34.4 Å². The number of hydrogen-bond donors (Lipinski definition) is 2. The van der Waals surface area contributed by atoms with Gasteiger partial charge in [0.15, 0.2) is 0 Å². The van der Waals surface area contributed by atoms with Gasteiger partial charge in [-0.15, -0.1) is 0 Å². The molecule has 0 spiro atoms. The van der Waals surface area contributed by atoms with E-state index in [4.69, 9.17) is 4.74 Å². The molecule has 1 aromatic heterocycles. The molecule has 1 unspecified atom stereocenters. The number of carbonyl (C=O) groups is 2. The van der Waals surface area contributed by atoms with Crippen LogP contribution in [0.2, 0.25) is 0 Å². The number of aliphatic hydroxyl groups is 1. The molecule has 8 heteroatoms. The number of halogens is 1. The number of hydrogen-bond acceptors (Lipinski definition) is 5. The smallest absolute Gasteiger partial charge is 0.302 e. The number of imidazole rings is 1. The predicted molar refractivity (Wildman–Crippen MR) is 125 cm³/mol. The second-order valence-electron chi connectivity index (χ2n) is 7.76. The maximum Gasteiger partial charge on any atom is 0.302 e. The number of rotatable bonds is 5. The summed E-state index contributed by atoms with van der Waals surface area (Å²) in [5.74, 6) is -1.74. The lowest BCUT2D eigenvalue weighted by molar-refractivity contribution is -0.132. The zero-order valence-electron chi connectivity index (χ0n) is 18.2. The molecule has 1 aliphatic rings. The lowest BCUT2D eigenvalue weighted by atomic mass is 9.95. The Bertz CT molecular complexity index is 1390. The number of nitrogens with zero attached hydrogens (tertiary/aromatic N) is 2. The molecule has 0 saturated carbocycles. The van der Waals surface area contributed by atoms with Crippen molar-refractivity contribution in [2.75, 3.05) is 11.5 Å². The van der Waals surface area contributed by atoms with Crippen molar-refractivity contribution in [3.05, 3.63) is 95.3 Å². The van der Waals surface area contributed by atoms with Gasteiger partial charge in [-0.25, -0.2) is 9.37 Å². The number of aromatic nitrogens is 2. The third-order valence-electron chi connectivity index (χ3n) is 5.67. The number of ketones is 1. The normalized spacial score (nSPS) is 17.5. The second kappa shape index (κ2) is 8.47. The van der Waals surface area contributed by atoms with Crippen LogP contribution in [-0.2, 0) is 9.59 Å². The Hall–Kier alpha value is -4.46. The number of nitrogens with one attached hydrogen (secondary N) is 1. The van der Waals surface area contributed by atoms with E-state index in [1.54, 1.807) is 36.4 Å². The molecule has 1 amide bonds. The molecule has 3 aromatic carbocycles. The lowest BCUT2D eigenvalue weighted by Gasteiger charge is -2.23. The topological polar surface area (TPSA) is 95.5 Å². The Morgan fingerprint density at radius 3 is 2.44 bits per heavy atom. The number of aliphatic hydroxyl groups excluding tert-OH is 1. The summed E-state index contributed by atoms with van der Waals surface area (Å²) in [6, 6.07) is 18.2. The number of amides is 1. The van der Waals surface area contributed by atoms with Crippen LogP contribution in [0.25, 0.3) is 16.8 Å². The van der Waals surface area contributed by atoms with Gasteiger partial charge >= 0.3 is 5.91 Å². The molecule has 1 atom stereocenters. The van der Waals surface area contributed by atoms with Gasteiger partial charge in [-0.1, -0.05) is 24.3 Å². The van der Waals surface area contributed by atoms with E-state index in [9.17, 15) is 19.1 Å². The number of para-hydroxylation sites is 2. The predicted octanol–water partition coefficient (Wildman–Crippen LogP) is 4.73. The van der Waals surface area contributed by atoms with Crippen LogP contribution in [0.4, 0.5) is 10.3 Å². The van der Waals surface area contributed by atoms with Gasteiger partial charge in [0.2, 0.25) is 5.95 Å². The van der Waals surface area contributed by atoms with Crippen molar-refractivity contribution in [1.29, 1.82) is 0 Å². The molecule has 0 aliphatic carbocycles. The minimum atomic E-state index is -1.01. The highest BCUT2D eigenvalue weighted by atomic mass is 19.1. The monoisotopic (exact) mass is 457 g/mol. The summed E-state index contributed by atoms with van der Waals surface area (Å²) in [5, 5.41) is 11.2. The molecule has 0 bridgehead atoms. The van der Waals surface area contributed by atoms with E-state index in [-0.39, 0.29) is 17.3 Å². The van der Waals surface area contributed by atoms with Crippen LogP contribution < -0.4 is 9.64 Å².